The lowest BCUT2D eigenvalue weighted by atomic mass is 10.1. The highest BCUT2D eigenvalue weighted by atomic mass is 16.6. The molecule has 0 aromatic heterocycles. The van der Waals surface area contributed by atoms with Crippen LogP contribution >= 0.6 is 0 Å². The highest BCUT2D eigenvalue weighted by Gasteiger charge is 2.30. The second-order valence-corrected chi connectivity index (χ2v) is 4.83. The summed E-state index contributed by atoms with van der Waals surface area (Å²) >= 11 is 0. The summed E-state index contributed by atoms with van der Waals surface area (Å²) in [5, 5.41) is 0. The van der Waals surface area contributed by atoms with E-state index in [1.807, 2.05) is 45.0 Å². The minimum atomic E-state index is -0.329. The first-order chi connectivity index (χ1) is 8.58. The zero-order chi connectivity index (χ0) is 13.1. The van der Waals surface area contributed by atoms with Crippen molar-refractivity contribution in [3.63, 3.8) is 0 Å². The van der Waals surface area contributed by atoms with Gasteiger partial charge in [-0.1, -0.05) is 32.0 Å². The summed E-state index contributed by atoms with van der Waals surface area (Å²) in [6, 6.07) is 8.99. The van der Waals surface area contributed by atoms with Crippen molar-refractivity contribution in [3.8, 4) is 0 Å². The number of benzene rings is 1. The van der Waals surface area contributed by atoms with Crippen molar-refractivity contribution < 1.29 is 14.3 Å². The molecule has 0 fully saturated rings. The second-order valence-electron chi connectivity index (χ2n) is 4.83. The molecule has 0 amide bonds. The summed E-state index contributed by atoms with van der Waals surface area (Å²) in [5.41, 5.74) is 0.556. The molecule has 1 aliphatic heterocycles. The van der Waals surface area contributed by atoms with Crippen LogP contribution in [0.1, 0.15) is 31.1 Å². The zero-order valence-electron chi connectivity index (χ0n) is 10.9. The van der Waals surface area contributed by atoms with Crippen LogP contribution in [0.5, 0.6) is 0 Å². The monoisotopic (exact) mass is 246 g/mol. The molecule has 1 aromatic carbocycles. The molecular weight excluding hydrogens is 228 g/mol. The molecule has 0 saturated heterocycles. The number of esters is 1. The summed E-state index contributed by atoms with van der Waals surface area (Å²) in [4.78, 5) is 12.0. The lowest BCUT2D eigenvalue weighted by Gasteiger charge is -2.18. The van der Waals surface area contributed by atoms with Crippen LogP contribution in [0.4, 0.5) is 0 Å². The molecule has 0 N–H and O–H groups in total. The van der Waals surface area contributed by atoms with Gasteiger partial charge in [0.05, 0.1) is 11.7 Å². The van der Waals surface area contributed by atoms with Crippen LogP contribution in [0.2, 0.25) is 0 Å². The van der Waals surface area contributed by atoms with E-state index in [-0.39, 0.29) is 24.1 Å². The molecule has 18 heavy (non-hydrogen) atoms. The van der Waals surface area contributed by atoms with Gasteiger partial charge in [-0.2, -0.15) is 0 Å². The molecule has 1 aliphatic rings. The predicted octanol–water partition coefficient (Wildman–Crippen LogP) is 3.17. The fourth-order valence-electron chi connectivity index (χ4n) is 1.98. The number of carbonyl (C=O) groups excluding carboxylic acids is 1. The molecule has 3 heteroatoms. The van der Waals surface area contributed by atoms with Gasteiger partial charge >= 0.3 is 5.97 Å². The van der Waals surface area contributed by atoms with E-state index in [2.05, 4.69) is 0 Å². The fraction of sp³-hybridized carbons (Fsp3) is 0.400. The molecule has 0 saturated carbocycles. The van der Waals surface area contributed by atoms with Crippen molar-refractivity contribution >= 4 is 5.97 Å². The Morgan fingerprint density at radius 3 is 2.56 bits per heavy atom. The molecule has 0 radical (unpaired) electrons. The quantitative estimate of drug-likeness (QED) is 0.768. The summed E-state index contributed by atoms with van der Waals surface area (Å²) in [7, 11) is 0. The Balaban J connectivity index is 2.09. The van der Waals surface area contributed by atoms with Crippen molar-refractivity contribution in [1.29, 1.82) is 0 Å². The van der Waals surface area contributed by atoms with Gasteiger partial charge in [0.15, 0.2) is 0 Å². The Kier molecular flexibility index (Phi) is 3.82. The van der Waals surface area contributed by atoms with Crippen LogP contribution < -0.4 is 0 Å². The molecule has 0 bridgehead atoms. The van der Waals surface area contributed by atoms with Crippen LogP contribution in [0, 0.1) is 5.92 Å². The molecule has 0 aliphatic carbocycles. The van der Waals surface area contributed by atoms with Gasteiger partial charge < -0.3 is 9.47 Å². The van der Waals surface area contributed by atoms with Crippen LogP contribution in [0.15, 0.2) is 42.2 Å². The third-order valence-electron chi connectivity index (χ3n) is 2.87. The van der Waals surface area contributed by atoms with Gasteiger partial charge in [0.2, 0.25) is 0 Å². The van der Waals surface area contributed by atoms with E-state index in [1.165, 1.54) is 0 Å². The van der Waals surface area contributed by atoms with E-state index in [0.717, 1.165) is 0 Å². The van der Waals surface area contributed by atoms with Crippen LogP contribution in [0.3, 0.4) is 0 Å². The van der Waals surface area contributed by atoms with Crippen molar-refractivity contribution in [2.24, 2.45) is 5.92 Å². The van der Waals surface area contributed by atoms with E-state index >= 15 is 0 Å². The van der Waals surface area contributed by atoms with Crippen molar-refractivity contribution in [1.82, 2.24) is 0 Å². The van der Waals surface area contributed by atoms with E-state index < -0.39 is 0 Å². The highest BCUT2D eigenvalue weighted by Crippen LogP contribution is 2.27. The summed E-state index contributed by atoms with van der Waals surface area (Å²) in [6.45, 7) is 6.04. The smallest absolute Gasteiger partial charge is 0.343 e. The van der Waals surface area contributed by atoms with Gasteiger partial charge in [0.25, 0.3) is 0 Å². The van der Waals surface area contributed by atoms with Crippen molar-refractivity contribution in [3.05, 3.63) is 47.7 Å². The van der Waals surface area contributed by atoms with Gasteiger partial charge in [0.1, 0.15) is 11.9 Å². The highest BCUT2D eigenvalue weighted by molar-refractivity contribution is 5.90. The Bertz CT molecular complexity index is 448. The molecule has 2 unspecified atom stereocenters. The third kappa shape index (κ3) is 2.79. The average molecular weight is 246 g/mol. The van der Waals surface area contributed by atoms with Gasteiger partial charge in [-0.3, -0.25) is 0 Å². The summed E-state index contributed by atoms with van der Waals surface area (Å²) in [6.07, 6.45) is 1.73. The lowest BCUT2D eigenvalue weighted by Crippen LogP contribution is -2.22. The number of rotatable bonds is 3. The number of hydrogen-bond donors (Lipinski definition) is 0. The van der Waals surface area contributed by atoms with E-state index in [9.17, 15) is 4.79 Å². The van der Waals surface area contributed by atoms with E-state index in [0.29, 0.717) is 11.3 Å². The molecule has 1 aromatic rings. The fourth-order valence-corrected chi connectivity index (χ4v) is 1.98. The average Bonchev–Trinajstić information content (AvgIpc) is 2.71. The predicted molar refractivity (Wildman–Crippen MR) is 69.1 cm³/mol. The molecular formula is C15H18O3. The molecule has 3 nitrogen and oxygen atoms in total. The lowest BCUT2D eigenvalue weighted by molar-refractivity contribution is 0.0106. The zero-order valence-corrected chi connectivity index (χ0v) is 10.9. The maximum Gasteiger partial charge on any atom is 0.343 e. The van der Waals surface area contributed by atoms with Crippen LogP contribution in [-0.2, 0) is 9.47 Å². The number of carbonyl (C=O) groups is 1. The Morgan fingerprint density at radius 2 is 1.94 bits per heavy atom. The maximum atomic E-state index is 12.0. The SMILES string of the molecule is CC1C=C(OC(=O)c2ccccc2)C(C(C)C)O1. The van der Waals surface area contributed by atoms with Gasteiger partial charge in [-0.05, 0) is 31.1 Å². The summed E-state index contributed by atoms with van der Waals surface area (Å²) in [5.74, 6) is 0.585. The maximum absolute atomic E-state index is 12.0. The minimum Gasteiger partial charge on any atom is -0.425 e. The molecule has 0 spiro atoms. The molecule has 2 rings (SSSR count). The largest absolute Gasteiger partial charge is 0.425 e. The standard InChI is InChI=1S/C15H18O3/c1-10(2)14-13(9-11(3)17-14)18-15(16)12-7-5-4-6-8-12/h4-11,14H,1-3H3. The third-order valence-corrected chi connectivity index (χ3v) is 2.87. The first-order valence-electron chi connectivity index (χ1n) is 6.22. The second kappa shape index (κ2) is 5.36. The first-order valence-corrected chi connectivity index (χ1v) is 6.22. The van der Waals surface area contributed by atoms with Gasteiger partial charge in [-0.15, -0.1) is 0 Å². The first kappa shape index (κ1) is 12.8. The van der Waals surface area contributed by atoms with Crippen LogP contribution in [0.25, 0.3) is 0 Å². The van der Waals surface area contributed by atoms with E-state index in [1.54, 1.807) is 12.1 Å². The normalized spacial score (nSPS) is 23.0. The van der Waals surface area contributed by atoms with Gasteiger partial charge in [-0.25, -0.2) is 4.79 Å². The van der Waals surface area contributed by atoms with Crippen molar-refractivity contribution in [2.45, 2.75) is 33.0 Å². The van der Waals surface area contributed by atoms with E-state index in [4.69, 9.17) is 9.47 Å². The minimum absolute atomic E-state index is 0.00373. The molecule has 1 heterocycles. The number of hydrogen-bond acceptors (Lipinski definition) is 3. The van der Waals surface area contributed by atoms with Crippen LogP contribution in [-0.4, -0.2) is 18.2 Å². The summed E-state index contributed by atoms with van der Waals surface area (Å²) < 4.78 is 11.1. The Morgan fingerprint density at radius 1 is 1.28 bits per heavy atom. The van der Waals surface area contributed by atoms with Crippen molar-refractivity contribution in [2.75, 3.05) is 0 Å². The number of ether oxygens (including phenoxy) is 2. The topological polar surface area (TPSA) is 35.5 Å². The Hall–Kier alpha value is -1.61. The Labute approximate surface area is 107 Å². The molecule has 2 atom stereocenters. The molecule has 96 valence electrons. The van der Waals surface area contributed by atoms with Gasteiger partial charge in [0, 0.05) is 0 Å².